The van der Waals surface area contributed by atoms with E-state index in [1.54, 1.807) is 0 Å². The molecule has 0 radical (unpaired) electrons. The molecule has 4 heteroatoms. The van der Waals surface area contributed by atoms with Crippen molar-refractivity contribution in [1.82, 2.24) is 10.2 Å². The Morgan fingerprint density at radius 1 is 1.50 bits per heavy atom. The van der Waals surface area contributed by atoms with Gasteiger partial charge in [-0.15, -0.1) is 0 Å². The summed E-state index contributed by atoms with van der Waals surface area (Å²) in [6.07, 6.45) is 0.969. The van der Waals surface area contributed by atoms with Crippen LogP contribution in [-0.4, -0.2) is 43.5 Å². The molecule has 0 aromatic carbocycles. The van der Waals surface area contributed by atoms with E-state index in [0.717, 1.165) is 19.5 Å². The van der Waals surface area contributed by atoms with Crippen LogP contribution in [0.2, 0.25) is 0 Å². The minimum Gasteiger partial charge on any atom is -0.355 e. The summed E-state index contributed by atoms with van der Waals surface area (Å²) < 4.78 is 0. The average Bonchev–Trinajstić information content (AvgIpc) is 2.24. The van der Waals surface area contributed by atoms with E-state index in [9.17, 15) is 4.79 Å². The number of carbonyl (C=O) groups is 1. The minimum atomic E-state index is -0.0997. The number of hydrogen-bond acceptors (Lipinski definition) is 3. The number of amides is 1. The first-order chi connectivity index (χ1) is 7.34. The average molecular weight is 229 g/mol. The minimum absolute atomic E-state index is 0.0496. The lowest BCUT2D eigenvalue weighted by atomic mass is 9.93. The Morgan fingerprint density at radius 2 is 2.06 bits per heavy atom. The summed E-state index contributed by atoms with van der Waals surface area (Å²) in [7, 11) is 1.97. The molecule has 0 saturated carbocycles. The first-order valence-corrected chi connectivity index (χ1v) is 6.02. The van der Waals surface area contributed by atoms with E-state index in [4.69, 9.17) is 5.73 Å². The number of nitrogens with two attached hydrogens (primary N) is 1. The van der Waals surface area contributed by atoms with Gasteiger partial charge in [0, 0.05) is 13.1 Å². The van der Waals surface area contributed by atoms with Gasteiger partial charge in [0.15, 0.2) is 0 Å². The van der Waals surface area contributed by atoms with Gasteiger partial charge in [-0.3, -0.25) is 9.69 Å². The van der Waals surface area contributed by atoms with Crippen molar-refractivity contribution in [1.29, 1.82) is 0 Å². The normalized spacial score (nSPS) is 13.9. The Kier molecular flexibility index (Phi) is 6.60. The molecule has 0 aromatic rings. The molecule has 3 N–H and O–H groups in total. The molecule has 0 spiro atoms. The van der Waals surface area contributed by atoms with Crippen LogP contribution < -0.4 is 11.1 Å². The maximum absolute atomic E-state index is 11.7. The molecule has 0 aliphatic rings. The Bertz CT molecular complexity index is 216. The Labute approximate surface area is 99.6 Å². The summed E-state index contributed by atoms with van der Waals surface area (Å²) >= 11 is 0. The number of nitrogens with one attached hydrogen (secondary N) is 1. The lowest BCUT2D eigenvalue weighted by Crippen LogP contribution is -2.47. The molecule has 0 aromatic heterocycles. The second-order valence-electron chi connectivity index (χ2n) is 5.25. The molecule has 0 saturated heterocycles. The zero-order chi connectivity index (χ0) is 12.8. The topological polar surface area (TPSA) is 58.4 Å². The molecule has 4 nitrogen and oxygen atoms in total. The van der Waals surface area contributed by atoms with Gasteiger partial charge in [0.05, 0.1) is 6.04 Å². The first kappa shape index (κ1) is 15.4. The van der Waals surface area contributed by atoms with Crippen LogP contribution in [0.25, 0.3) is 0 Å². The van der Waals surface area contributed by atoms with Crippen LogP contribution >= 0.6 is 0 Å². The number of likely N-dealkylation sites (N-methyl/N-ethyl adjacent to an activating group) is 1. The van der Waals surface area contributed by atoms with Gasteiger partial charge in [-0.25, -0.2) is 0 Å². The monoisotopic (exact) mass is 229 g/mol. The second kappa shape index (κ2) is 6.86. The second-order valence-corrected chi connectivity index (χ2v) is 5.25. The zero-order valence-corrected chi connectivity index (χ0v) is 11.3. The third-order valence-electron chi connectivity index (χ3n) is 2.82. The maximum atomic E-state index is 11.7. The van der Waals surface area contributed by atoms with Crippen LogP contribution in [0.3, 0.4) is 0 Å². The van der Waals surface area contributed by atoms with Crippen LogP contribution in [0.15, 0.2) is 0 Å². The number of hydrogen-bond donors (Lipinski definition) is 2. The fourth-order valence-electron chi connectivity index (χ4n) is 1.47. The van der Waals surface area contributed by atoms with Crippen molar-refractivity contribution in [2.24, 2.45) is 11.1 Å². The van der Waals surface area contributed by atoms with Crippen molar-refractivity contribution in [2.45, 2.75) is 40.2 Å². The van der Waals surface area contributed by atoms with Gasteiger partial charge in [0.25, 0.3) is 0 Å². The summed E-state index contributed by atoms with van der Waals surface area (Å²) in [5.74, 6) is 0.0946. The highest BCUT2D eigenvalue weighted by molar-refractivity contribution is 5.81. The lowest BCUT2D eigenvalue weighted by molar-refractivity contribution is -0.125. The molecular formula is C12H27N3O. The van der Waals surface area contributed by atoms with E-state index >= 15 is 0 Å². The summed E-state index contributed by atoms with van der Waals surface area (Å²) in [4.78, 5) is 13.8. The predicted molar refractivity (Wildman–Crippen MR) is 68.2 cm³/mol. The van der Waals surface area contributed by atoms with E-state index in [-0.39, 0.29) is 17.4 Å². The molecular weight excluding hydrogens is 202 g/mol. The fourth-order valence-corrected chi connectivity index (χ4v) is 1.47. The molecule has 96 valence electrons. The molecule has 0 aliphatic carbocycles. The Balaban J connectivity index is 4.17. The molecule has 0 fully saturated rings. The highest BCUT2D eigenvalue weighted by Crippen LogP contribution is 2.15. The summed E-state index contributed by atoms with van der Waals surface area (Å²) in [5.41, 5.74) is 5.73. The predicted octanol–water partition coefficient (Wildman–Crippen LogP) is 0.818. The van der Waals surface area contributed by atoms with Crippen LogP contribution in [0.1, 0.15) is 34.1 Å². The van der Waals surface area contributed by atoms with Gasteiger partial charge in [-0.05, 0) is 32.4 Å². The SMILES string of the molecule is CCCNC(=O)C(C)N(C)CC(C)(C)CN. The molecule has 1 atom stereocenters. The molecule has 1 unspecified atom stereocenters. The van der Waals surface area contributed by atoms with Crippen molar-refractivity contribution in [2.75, 3.05) is 26.7 Å². The molecule has 1 amide bonds. The molecule has 16 heavy (non-hydrogen) atoms. The van der Waals surface area contributed by atoms with Gasteiger partial charge in [-0.2, -0.15) is 0 Å². The van der Waals surface area contributed by atoms with Crippen molar-refractivity contribution in [3.8, 4) is 0 Å². The van der Waals surface area contributed by atoms with Gasteiger partial charge in [0.1, 0.15) is 0 Å². The van der Waals surface area contributed by atoms with Gasteiger partial charge in [0.2, 0.25) is 5.91 Å². The number of carbonyl (C=O) groups excluding carboxylic acids is 1. The zero-order valence-electron chi connectivity index (χ0n) is 11.3. The standard InChI is InChI=1S/C12H27N3O/c1-6-7-14-11(16)10(2)15(5)9-12(3,4)8-13/h10H,6-9,13H2,1-5H3,(H,14,16). The van der Waals surface area contributed by atoms with E-state index in [1.165, 1.54) is 0 Å². The largest absolute Gasteiger partial charge is 0.355 e. The van der Waals surface area contributed by atoms with Crippen LogP contribution in [-0.2, 0) is 4.79 Å². The van der Waals surface area contributed by atoms with E-state index in [0.29, 0.717) is 6.54 Å². The Hall–Kier alpha value is -0.610. The van der Waals surface area contributed by atoms with Crippen LogP contribution in [0.4, 0.5) is 0 Å². The fraction of sp³-hybridized carbons (Fsp3) is 0.917. The Morgan fingerprint density at radius 3 is 2.50 bits per heavy atom. The molecule has 0 aliphatic heterocycles. The first-order valence-electron chi connectivity index (χ1n) is 6.02. The van der Waals surface area contributed by atoms with Crippen molar-refractivity contribution in [3.05, 3.63) is 0 Å². The molecule has 0 bridgehead atoms. The van der Waals surface area contributed by atoms with Gasteiger partial charge in [-0.1, -0.05) is 20.8 Å². The number of nitrogens with zero attached hydrogens (tertiary/aromatic N) is 1. The van der Waals surface area contributed by atoms with Crippen molar-refractivity contribution >= 4 is 5.91 Å². The van der Waals surface area contributed by atoms with Crippen molar-refractivity contribution < 1.29 is 4.79 Å². The summed E-state index contributed by atoms with van der Waals surface area (Å²) in [5, 5.41) is 2.90. The van der Waals surface area contributed by atoms with E-state index < -0.39 is 0 Å². The number of rotatable bonds is 7. The highest BCUT2D eigenvalue weighted by atomic mass is 16.2. The highest BCUT2D eigenvalue weighted by Gasteiger charge is 2.24. The maximum Gasteiger partial charge on any atom is 0.237 e. The molecule has 0 heterocycles. The van der Waals surface area contributed by atoms with Crippen LogP contribution in [0, 0.1) is 5.41 Å². The van der Waals surface area contributed by atoms with Crippen molar-refractivity contribution in [3.63, 3.8) is 0 Å². The van der Waals surface area contributed by atoms with E-state index in [1.807, 2.05) is 20.9 Å². The third-order valence-corrected chi connectivity index (χ3v) is 2.82. The van der Waals surface area contributed by atoms with Gasteiger partial charge < -0.3 is 11.1 Å². The quantitative estimate of drug-likeness (QED) is 0.679. The van der Waals surface area contributed by atoms with E-state index in [2.05, 4.69) is 24.1 Å². The smallest absolute Gasteiger partial charge is 0.237 e. The summed E-state index contributed by atoms with van der Waals surface area (Å²) in [6.45, 7) is 10.4. The summed E-state index contributed by atoms with van der Waals surface area (Å²) in [6, 6.07) is -0.0997. The third kappa shape index (κ3) is 5.47. The van der Waals surface area contributed by atoms with Gasteiger partial charge >= 0.3 is 0 Å². The molecule has 0 rings (SSSR count). The lowest BCUT2D eigenvalue weighted by Gasteiger charge is -2.32. The van der Waals surface area contributed by atoms with Crippen LogP contribution in [0.5, 0.6) is 0 Å².